The smallest absolute Gasteiger partial charge is 0.230 e. The number of carbonyl (C=O) groups is 2. The van der Waals surface area contributed by atoms with Gasteiger partial charge in [-0.05, 0) is 41.9 Å². The van der Waals surface area contributed by atoms with Crippen LogP contribution in [0, 0.1) is 23.7 Å². The summed E-state index contributed by atoms with van der Waals surface area (Å²) in [6, 6.07) is 20.1. The van der Waals surface area contributed by atoms with Crippen molar-refractivity contribution in [2.45, 2.75) is 50.3 Å². The number of anilines is 1. The molecule has 1 aliphatic carbocycles. The average molecular weight is 585 g/mol. The zero-order valence-electron chi connectivity index (χ0n) is 23.3. The molecule has 8 nitrogen and oxygen atoms in total. The summed E-state index contributed by atoms with van der Waals surface area (Å²) in [6.07, 6.45) is 1.75. The number of Topliss-reactive ketones (excluding diaryl/α,β-unsaturated/α-hetero) is 1. The maximum absolute atomic E-state index is 13.7. The van der Waals surface area contributed by atoms with Crippen LogP contribution in [0.5, 0.6) is 0 Å². The van der Waals surface area contributed by atoms with Gasteiger partial charge in [-0.1, -0.05) is 91.5 Å². The van der Waals surface area contributed by atoms with Crippen LogP contribution in [0.4, 0.5) is 5.13 Å². The maximum Gasteiger partial charge on any atom is 0.230 e. The Morgan fingerprint density at radius 2 is 1.90 bits per heavy atom. The Morgan fingerprint density at radius 3 is 2.63 bits per heavy atom. The van der Waals surface area contributed by atoms with Crippen molar-refractivity contribution in [1.82, 2.24) is 15.5 Å². The van der Waals surface area contributed by atoms with Crippen molar-refractivity contribution < 1.29 is 9.59 Å². The number of aromatic nitrogens is 2. The van der Waals surface area contributed by atoms with Crippen molar-refractivity contribution in [3.63, 3.8) is 0 Å². The van der Waals surface area contributed by atoms with Gasteiger partial charge in [-0.3, -0.25) is 14.5 Å². The SMILES string of the molecule is Cc1ccccc1C1C(C#N)=C(N)N(c2nnc(SCC(=O)NCCc3ccccc3)s2)C2=C1C(=O)CC(C)(C)C2. The Labute approximate surface area is 248 Å². The number of hydrogen-bond acceptors (Lipinski definition) is 9. The van der Waals surface area contributed by atoms with E-state index in [0.717, 1.165) is 23.2 Å². The van der Waals surface area contributed by atoms with Crippen molar-refractivity contribution in [3.05, 3.63) is 94.0 Å². The summed E-state index contributed by atoms with van der Waals surface area (Å²) in [5.41, 5.74) is 11.2. The largest absolute Gasteiger partial charge is 0.384 e. The second kappa shape index (κ2) is 11.9. The van der Waals surface area contributed by atoms with E-state index in [2.05, 4.69) is 35.4 Å². The molecule has 0 fully saturated rings. The van der Waals surface area contributed by atoms with Gasteiger partial charge >= 0.3 is 0 Å². The van der Waals surface area contributed by atoms with E-state index >= 15 is 0 Å². The molecule has 2 aromatic carbocycles. The van der Waals surface area contributed by atoms with Crippen LogP contribution >= 0.6 is 23.1 Å². The number of aryl methyl sites for hydroxylation is 1. The van der Waals surface area contributed by atoms with Crippen molar-refractivity contribution >= 4 is 39.9 Å². The number of amides is 1. The Kier molecular flexibility index (Phi) is 8.29. The normalized spacial score (nSPS) is 18.2. The number of nitrogens with zero attached hydrogens (tertiary/aromatic N) is 4. The third-order valence-electron chi connectivity index (χ3n) is 7.37. The zero-order chi connectivity index (χ0) is 29.1. The van der Waals surface area contributed by atoms with Gasteiger partial charge in [0.05, 0.1) is 23.3 Å². The molecule has 5 rings (SSSR count). The molecule has 210 valence electrons. The summed E-state index contributed by atoms with van der Waals surface area (Å²) in [5.74, 6) is -0.139. The fraction of sp³-hybridized carbons (Fsp3) is 0.323. The summed E-state index contributed by atoms with van der Waals surface area (Å²) in [5, 5.41) is 22.4. The van der Waals surface area contributed by atoms with Crippen molar-refractivity contribution in [1.29, 1.82) is 5.26 Å². The van der Waals surface area contributed by atoms with Crippen molar-refractivity contribution in [3.8, 4) is 6.07 Å². The van der Waals surface area contributed by atoms with Crippen LogP contribution in [-0.2, 0) is 16.0 Å². The third kappa shape index (κ3) is 6.06. The molecule has 1 aliphatic heterocycles. The Bertz CT molecular complexity index is 1590. The molecule has 41 heavy (non-hydrogen) atoms. The minimum absolute atomic E-state index is 0.0149. The molecule has 0 saturated heterocycles. The molecule has 0 spiro atoms. The predicted molar refractivity (Wildman–Crippen MR) is 162 cm³/mol. The number of ketones is 1. The second-order valence-electron chi connectivity index (χ2n) is 11.1. The van der Waals surface area contributed by atoms with Gasteiger partial charge < -0.3 is 11.1 Å². The minimum atomic E-state index is -0.530. The number of nitriles is 1. The summed E-state index contributed by atoms with van der Waals surface area (Å²) >= 11 is 2.59. The highest BCUT2D eigenvalue weighted by atomic mass is 32.2. The monoisotopic (exact) mass is 584 g/mol. The second-order valence-corrected chi connectivity index (χ2v) is 13.2. The summed E-state index contributed by atoms with van der Waals surface area (Å²) in [6.45, 7) is 6.66. The lowest BCUT2D eigenvalue weighted by Crippen LogP contribution is -2.42. The highest BCUT2D eigenvalue weighted by Crippen LogP contribution is 2.51. The van der Waals surface area contributed by atoms with Crippen LogP contribution in [0.25, 0.3) is 0 Å². The predicted octanol–water partition coefficient (Wildman–Crippen LogP) is 5.24. The summed E-state index contributed by atoms with van der Waals surface area (Å²) < 4.78 is 0.606. The molecular formula is C31H32N6O2S2. The lowest BCUT2D eigenvalue weighted by molar-refractivity contribution is -0.119. The molecule has 1 unspecified atom stereocenters. The Morgan fingerprint density at radius 1 is 1.17 bits per heavy atom. The molecule has 0 radical (unpaired) electrons. The fourth-order valence-electron chi connectivity index (χ4n) is 5.47. The number of rotatable bonds is 8. The topological polar surface area (TPSA) is 125 Å². The van der Waals surface area contributed by atoms with Crippen LogP contribution in [0.2, 0.25) is 0 Å². The van der Waals surface area contributed by atoms with Crippen LogP contribution < -0.4 is 16.0 Å². The maximum atomic E-state index is 13.7. The van der Waals surface area contributed by atoms with E-state index in [0.29, 0.717) is 40.0 Å². The first-order valence-electron chi connectivity index (χ1n) is 13.5. The lowest BCUT2D eigenvalue weighted by atomic mass is 9.68. The Balaban J connectivity index is 1.39. The third-order valence-corrected chi connectivity index (χ3v) is 9.41. The van der Waals surface area contributed by atoms with Gasteiger partial charge in [0.25, 0.3) is 0 Å². The van der Waals surface area contributed by atoms with Crippen molar-refractivity contribution in [2.24, 2.45) is 11.1 Å². The van der Waals surface area contributed by atoms with Crippen LogP contribution in [0.3, 0.4) is 0 Å². The van der Waals surface area contributed by atoms with Gasteiger partial charge in [-0.15, -0.1) is 10.2 Å². The molecule has 1 amide bonds. The van der Waals surface area contributed by atoms with Crippen LogP contribution in [-0.4, -0.2) is 34.2 Å². The number of benzene rings is 2. The molecule has 3 aromatic rings. The lowest BCUT2D eigenvalue weighted by Gasteiger charge is -2.42. The average Bonchev–Trinajstić information content (AvgIpc) is 3.40. The molecule has 2 heterocycles. The first-order valence-corrected chi connectivity index (χ1v) is 15.3. The van der Waals surface area contributed by atoms with Crippen molar-refractivity contribution in [2.75, 3.05) is 17.2 Å². The van der Waals surface area contributed by atoms with E-state index in [9.17, 15) is 14.9 Å². The Hall–Kier alpha value is -3.94. The van der Waals surface area contributed by atoms with E-state index in [1.165, 1.54) is 28.7 Å². The van der Waals surface area contributed by atoms with E-state index in [1.54, 1.807) is 4.90 Å². The van der Waals surface area contributed by atoms with Gasteiger partial charge in [-0.25, -0.2) is 0 Å². The molecule has 0 bridgehead atoms. The number of carbonyl (C=O) groups excluding carboxylic acids is 2. The molecule has 3 N–H and O–H groups in total. The van der Waals surface area contributed by atoms with E-state index in [1.807, 2.05) is 61.5 Å². The van der Waals surface area contributed by atoms with E-state index in [-0.39, 0.29) is 28.7 Å². The molecule has 10 heteroatoms. The molecular weight excluding hydrogens is 553 g/mol. The standard InChI is InChI=1S/C31H32N6O2S2/c1-19-9-7-8-12-21(19)26-22(17-32)28(33)37(23-15-31(2,3)16-24(38)27(23)26)29-35-36-30(41-29)40-18-25(39)34-14-13-20-10-5-4-6-11-20/h4-12,26H,13-16,18,33H2,1-3H3,(H,34,39). The highest BCUT2D eigenvalue weighted by molar-refractivity contribution is 8.01. The van der Waals surface area contributed by atoms with E-state index in [4.69, 9.17) is 5.73 Å². The summed E-state index contributed by atoms with van der Waals surface area (Å²) in [7, 11) is 0. The molecule has 1 atom stereocenters. The minimum Gasteiger partial charge on any atom is -0.384 e. The van der Waals surface area contributed by atoms with Gasteiger partial charge in [0.15, 0.2) is 10.1 Å². The number of hydrogen-bond donors (Lipinski definition) is 2. The van der Waals surface area contributed by atoms with Gasteiger partial charge in [0.2, 0.25) is 11.0 Å². The molecule has 2 aliphatic rings. The van der Waals surface area contributed by atoms with Gasteiger partial charge in [0.1, 0.15) is 5.82 Å². The molecule has 1 aromatic heterocycles. The quantitative estimate of drug-likeness (QED) is 0.345. The van der Waals surface area contributed by atoms with Gasteiger partial charge in [-0.2, -0.15) is 5.26 Å². The van der Waals surface area contributed by atoms with E-state index < -0.39 is 5.92 Å². The zero-order valence-corrected chi connectivity index (χ0v) is 24.9. The number of allylic oxidation sites excluding steroid dienone is 3. The fourth-order valence-corrected chi connectivity index (χ4v) is 7.18. The van der Waals surface area contributed by atoms with Crippen LogP contribution in [0.1, 0.15) is 49.3 Å². The number of thioether (sulfide) groups is 1. The highest BCUT2D eigenvalue weighted by Gasteiger charge is 2.45. The van der Waals surface area contributed by atoms with Crippen LogP contribution in [0.15, 0.2) is 81.6 Å². The first-order chi connectivity index (χ1) is 19.7. The first kappa shape index (κ1) is 28.6. The molecule has 0 saturated carbocycles. The number of nitrogens with one attached hydrogen (secondary N) is 1. The number of nitrogens with two attached hydrogens (primary N) is 1. The summed E-state index contributed by atoms with van der Waals surface area (Å²) in [4.78, 5) is 27.9. The van der Waals surface area contributed by atoms with Gasteiger partial charge in [0, 0.05) is 24.2 Å².